The van der Waals surface area contributed by atoms with E-state index in [0.29, 0.717) is 12.7 Å². The zero-order valence-electron chi connectivity index (χ0n) is 22.4. The molecule has 0 saturated carbocycles. The van der Waals surface area contributed by atoms with Gasteiger partial charge in [-0.05, 0) is 81.2 Å². The molecule has 0 fully saturated rings. The molecule has 190 valence electrons. The first-order chi connectivity index (χ1) is 17.9. The molecule has 0 spiro atoms. The zero-order chi connectivity index (χ0) is 25.9. The Bertz CT molecular complexity index is 1360. The van der Waals surface area contributed by atoms with Gasteiger partial charge in [0.1, 0.15) is 29.9 Å². The highest BCUT2D eigenvalue weighted by atomic mass is 31.1. The third kappa shape index (κ3) is 5.53. The Balaban J connectivity index is 1.53. The maximum atomic E-state index is 6.62. The van der Waals surface area contributed by atoms with Crippen molar-refractivity contribution in [3.8, 4) is 28.4 Å². The van der Waals surface area contributed by atoms with Crippen molar-refractivity contribution in [2.24, 2.45) is 0 Å². The molecular formula is C33H35O3P. The van der Waals surface area contributed by atoms with Gasteiger partial charge in [0, 0.05) is 12.0 Å². The molecule has 0 unspecified atom stereocenters. The molecule has 5 rings (SSSR count). The first kappa shape index (κ1) is 25.4. The largest absolute Gasteiger partial charge is 0.496 e. The van der Waals surface area contributed by atoms with Crippen LogP contribution in [0.2, 0.25) is 0 Å². The molecule has 0 saturated heterocycles. The van der Waals surface area contributed by atoms with Crippen LogP contribution in [0.15, 0.2) is 72.8 Å². The first-order valence-corrected chi connectivity index (χ1v) is 14.7. The number of methoxy groups -OCH3 is 1. The van der Waals surface area contributed by atoms with E-state index in [4.69, 9.17) is 14.2 Å². The number of ether oxygens (including phenoxy) is 3. The van der Waals surface area contributed by atoms with Gasteiger partial charge in [-0.25, -0.2) is 0 Å². The molecular weight excluding hydrogens is 475 g/mol. The summed E-state index contributed by atoms with van der Waals surface area (Å²) in [6.45, 7) is 8.64. The summed E-state index contributed by atoms with van der Waals surface area (Å²) in [5.74, 6) is 2.95. The summed E-state index contributed by atoms with van der Waals surface area (Å²) in [6.07, 6.45) is 3.04. The van der Waals surface area contributed by atoms with Gasteiger partial charge in [0.25, 0.3) is 0 Å². The van der Waals surface area contributed by atoms with E-state index in [2.05, 4.69) is 88.4 Å². The van der Waals surface area contributed by atoms with E-state index in [-0.39, 0.29) is 0 Å². The Hall–Kier alpha value is -3.29. The summed E-state index contributed by atoms with van der Waals surface area (Å²) in [5, 5.41) is 0. The fourth-order valence-electron chi connectivity index (χ4n) is 5.43. The maximum absolute atomic E-state index is 6.62. The van der Waals surface area contributed by atoms with E-state index < -0.39 is 7.92 Å². The lowest BCUT2D eigenvalue weighted by Gasteiger charge is -2.26. The van der Waals surface area contributed by atoms with Crippen LogP contribution in [0.5, 0.6) is 17.2 Å². The average molecular weight is 511 g/mol. The van der Waals surface area contributed by atoms with Crippen molar-refractivity contribution in [3.05, 3.63) is 112 Å². The number of hydrogen-bond donors (Lipinski definition) is 0. The Morgan fingerprint density at radius 3 is 1.84 bits per heavy atom. The molecule has 4 aromatic carbocycles. The minimum absolute atomic E-state index is 0.615. The fraction of sp³-hybridized carbons (Fsp3) is 0.273. The van der Waals surface area contributed by atoms with Gasteiger partial charge in [0.15, 0.2) is 0 Å². The van der Waals surface area contributed by atoms with Crippen LogP contribution in [0.25, 0.3) is 11.1 Å². The van der Waals surface area contributed by atoms with Gasteiger partial charge in [-0.1, -0.05) is 77.9 Å². The number of aryl methyl sites for hydroxylation is 4. The molecule has 1 heterocycles. The molecule has 1 aliphatic heterocycles. The number of rotatable bonds is 4. The number of benzene rings is 4. The molecule has 4 aromatic rings. The van der Waals surface area contributed by atoms with Gasteiger partial charge in [0.05, 0.1) is 7.11 Å². The highest BCUT2D eigenvalue weighted by Crippen LogP contribution is 2.46. The molecule has 3 nitrogen and oxygen atoms in total. The van der Waals surface area contributed by atoms with Crippen LogP contribution in [0.4, 0.5) is 0 Å². The molecule has 0 radical (unpaired) electrons. The quantitative estimate of drug-likeness (QED) is 0.257. The van der Waals surface area contributed by atoms with Crippen molar-refractivity contribution in [1.82, 2.24) is 0 Å². The Labute approximate surface area is 222 Å². The van der Waals surface area contributed by atoms with Crippen molar-refractivity contribution in [1.29, 1.82) is 0 Å². The van der Waals surface area contributed by atoms with Crippen molar-refractivity contribution >= 4 is 7.92 Å². The predicted molar refractivity (Wildman–Crippen MR) is 155 cm³/mol. The summed E-state index contributed by atoms with van der Waals surface area (Å²) in [4.78, 5) is 0. The molecule has 0 atom stereocenters. The third-order valence-corrected chi connectivity index (χ3v) is 8.74. The van der Waals surface area contributed by atoms with Gasteiger partial charge < -0.3 is 14.2 Å². The minimum atomic E-state index is -0.615. The lowest BCUT2D eigenvalue weighted by atomic mass is 9.96. The lowest BCUT2D eigenvalue weighted by Crippen LogP contribution is -2.12. The average Bonchev–Trinajstić information content (AvgIpc) is 2.87. The van der Waals surface area contributed by atoms with Crippen LogP contribution in [0.3, 0.4) is 0 Å². The highest BCUT2D eigenvalue weighted by molar-refractivity contribution is 7.56. The molecule has 0 aromatic heterocycles. The lowest BCUT2D eigenvalue weighted by molar-refractivity contribution is 0.352. The van der Waals surface area contributed by atoms with Crippen LogP contribution in [-0.4, -0.2) is 19.8 Å². The molecule has 0 aliphatic carbocycles. The van der Waals surface area contributed by atoms with Gasteiger partial charge in [-0.2, -0.15) is 0 Å². The number of hydrogen-bond acceptors (Lipinski definition) is 3. The normalized spacial score (nSPS) is 13.6. The second-order valence-electron chi connectivity index (χ2n) is 10.1. The molecule has 0 N–H and O–H groups in total. The van der Waals surface area contributed by atoms with E-state index in [1.807, 2.05) is 12.1 Å². The summed E-state index contributed by atoms with van der Waals surface area (Å²) >= 11 is 0. The minimum Gasteiger partial charge on any atom is -0.496 e. The topological polar surface area (TPSA) is 27.7 Å². The van der Waals surface area contributed by atoms with Gasteiger partial charge in [-0.15, -0.1) is 0 Å². The van der Waals surface area contributed by atoms with E-state index in [9.17, 15) is 0 Å². The van der Waals surface area contributed by atoms with Crippen molar-refractivity contribution in [2.75, 3.05) is 19.8 Å². The SMILES string of the molecule is COc1ccccc1-c1ccccc1CP1COc2c(C)cc(C)cc2Cc2cc(C)cc(C)c2OC1. The van der Waals surface area contributed by atoms with E-state index in [1.54, 1.807) is 7.11 Å². The summed E-state index contributed by atoms with van der Waals surface area (Å²) in [7, 11) is 1.12. The van der Waals surface area contributed by atoms with Crippen LogP contribution in [-0.2, 0) is 12.6 Å². The second kappa shape index (κ2) is 11.0. The highest BCUT2D eigenvalue weighted by Gasteiger charge is 2.21. The van der Waals surface area contributed by atoms with E-state index in [1.165, 1.54) is 44.5 Å². The Kier molecular flexibility index (Phi) is 7.53. The summed E-state index contributed by atoms with van der Waals surface area (Å²) in [5.41, 5.74) is 11.0. The molecule has 37 heavy (non-hydrogen) atoms. The molecule has 0 bridgehead atoms. The van der Waals surface area contributed by atoms with Gasteiger partial charge in [-0.3, -0.25) is 0 Å². The summed E-state index contributed by atoms with van der Waals surface area (Å²) < 4.78 is 18.9. The number of para-hydroxylation sites is 1. The monoisotopic (exact) mass is 510 g/mol. The fourth-order valence-corrected chi connectivity index (χ4v) is 7.07. The zero-order valence-corrected chi connectivity index (χ0v) is 23.3. The predicted octanol–water partition coefficient (Wildman–Crippen LogP) is 8.55. The van der Waals surface area contributed by atoms with E-state index >= 15 is 0 Å². The van der Waals surface area contributed by atoms with Gasteiger partial charge >= 0.3 is 0 Å². The van der Waals surface area contributed by atoms with Gasteiger partial charge in [0.2, 0.25) is 0 Å². The molecule has 4 heteroatoms. The van der Waals surface area contributed by atoms with Crippen LogP contribution < -0.4 is 14.2 Å². The van der Waals surface area contributed by atoms with Crippen LogP contribution in [0.1, 0.15) is 38.9 Å². The second-order valence-corrected chi connectivity index (χ2v) is 12.2. The first-order valence-electron chi connectivity index (χ1n) is 12.8. The van der Waals surface area contributed by atoms with Crippen molar-refractivity contribution in [3.63, 3.8) is 0 Å². The van der Waals surface area contributed by atoms with Crippen molar-refractivity contribution in [2.45, 2.75) is 40.3 Å². The summed E-state index contributed by atoms with van der Waals surface area (Å²) in [6, 6.07) is 25.9. The van der Waals surface area contributed by atoms with Crippen LogP contribution >= 0.6 is 7.92 Å². The van der Waals surface area contributed by atoms with Crippen LogP contribution in [0, 0.1) is 27.7 Å². The molecule has 0 amide bonds. The Morgan fingerprint density at radius 1 is 0.703 bits per heavy atom. The smallest absolute Gasteiger partial charge is 0.126 e. The third-order valence-electron chi connectivity index (χ3n) is 6.96. The number of fused-ring (bicyclic) bond motifs is 2. The Morgan fingerprint density at radius 2 is 1.24 bits per heavy atom. The standard InChI is InChI=1S/C33H35O3P/c1-22-14-24(3)32-27(16-22)18-28-17-23(2)15-25(4)33(28)36-21-37(20-35-32)19-26-10-6-7-11-29(26)30-12-8-9-13-31(30)34-5/h6-17H,18-21H2,1-5H3. The van der Waals surface area contributed by atoms with Crippen molar-refractivity contribution < 1.29 is 14.2 Å². The molecule has 1 aliphatic rings. The van der Waals surface area contributed by atoms with E-state index in [0.717, 1.165) is 35.4 Å². The maximum Gasteiger partial charge on any atom is 0.126 e.